The molecule has 1 N–H and O–H groups in total. The predicted octanol–water partition coefficient (Wildman–Crippen LogP) is 4.13. The summed E-state index contributed by atoms with van der Waals surface area (Å²) in [4.78, 5) is 21.0. The van der Waals surface area contributed by atoms with Gasteiger partial charge in [0.15, 0.2) is 0 Å². The maximum absolute atomic E-state index is 10.8. The molecule has 1 saturated heterocycles. The van der Waals surface area contributed by atoms with Crippen molar-refractivity contribution >= 4 is 11.9 Å². The zero-order valence-corrected chi connectivity index (χ0v) is 14.1. The van der Waals surface area contributed by atoms with Gasteiger partial charge in [0, 0.05) is 0 Å². The molecule has 20 heavy (non-hydrogen) atoms. The Bertz CT molecular complexity index is 274. The van der Waals surface area contributed by atoms with Gasteiger partial charge < -0.3 is 9.84 Å². The summed E-state index contributed by atoms with van der Waals surface area (Å²) in [7, 11) is 0. The van der Waals surface area contributed by atoms with Crippen LogP contribution in [0.15, 0.2) is 0 Å². The number of rotatable bonds is 3. The molecule has 4 nitrogen and oxygen atoms in total. The van der Waals surface area contributed by atoms with Crippen molar-refractivity contribution in [2.24, 2.45) is 17.8 Å². The first-order chi connectivity index (χ1) is 9.23. The Morgan fingerprint density at radius 3 is 2.00 bits per heavy atom. The summed E-state index contributed by atoms with van der Waals surface area (Å²) in [6.07, 6.45) is 2.93. The molecule has 3 atom stereocenters. The molecule has 0 spiro atoms. The van der Waals surface area contributed by atoms with Gasteiger partial charge >= 0.3 is 11.9 Å². The summed E-state index contributed by atoms with van der Waals surface area (Å²) >= 11 is 0. The average molecular weight is 288 g/mol. The Kier molecular flexibility index (Phi) is 12.5. The summed E-state index contributed by atoms with van der Waals surface area (Å²) < 4.78 is 4.96. The monoisotopic (exact) mass is 288 g/mol. The summed E-state index contributed by atoms with van der Waals surface area (Å²) in [6, 6.07) is 0. The lowest BCUT2D eigenvalue weighted by Gasteiger charge is -2.22. The van der Waals surface area contributed by atoms with E-state index in [2.05, 4.69) is 0 Å². The second kappa shape index (κ2) is 11.7. The molecule has 0 radical (unpaired) electrons. The Morgan fingerprint density at radius 1 is 1.25 bits per heavy atom. The highest BCUT2D eigenvalue weighted by Gasteiger charge is 2.23. The van der Waals surface area contributed by atoms with Gasteiger partial charge in [0.1, 0.15) is 0 Å². The van der Waals surface area contributed by atoms with Crippen molar-refractivity contribution in [2.75, 3.05) is 0 Å². The minimum absolute atomic E-state index is 0.0336. The number of carboxylic acid groups (broad SMARTS) is 1. The molecule has 0 aromatic rings. The zero-order valence-electron chi connectivity index (χ0n) is 14.1. The number of cyclic esters (lactones) is 1. The second-order valence-corrected chi connectivity index (χ2v) is 5.59. The molecule has 1 fully saturated rings. The van der Waals surface area contributed by atoms with Crippen LogP contribution >= 0.6 is 0 Å². The lowest BCUT2D eigenvalue weighted by atomic mass is 9.99. The van der Waals surface area contributed by atoms with Crippen molar-refractivity contribution < 1.29 is 19.4 Å². The molecule has 0 bridgehead atoms. The van der Waals surface area contributed by atoms with Gasteiger partial charge in [-0.1, -0.05) is 41.5 Å². The van der Waals surface area contributed by atoms with Crippen LogP contribution in [0.4, 0.5) is 0 Å². The molecule has 1 rings (SSSR count). The average Bonchev–Trinajstić information content (AvgIpc) is 2.36. The molecule has 0 aromatic heterocycles. The molecular formula is C16H32O4. The van der Waals surface area contributed by atoms with Crippen LogP contribution < -0.4 is 0 Å². The van der Waals surface area contributed by atoms with Crippen molar-refractivity contribution in [3.05, 3.63) is 0 Å². The highest BCUT2D eigenvalue weighted by Crippen LogP contribution is 2.18. The first-order valence-electron chi connectivity index (χ1n) is 7.67. The van der Waals surface area contributed by atoms with Crippen LogP contribution in [0.3, 0.4) is 0 Å². The van der Waals surface area contributed by atoms with Gasteiger partial charge in [0.25, 0.3) is 0 Å². The molecular weight excluding hydrogens is 256 g/mol. The maximum Gasteiger partial charge on any atom is 0.308 e. The standard InChI is InChI=1S/C7H12O2.C7H14O2.C2H6/c1-5-3-4-6(2)9-7(5)8;1-5(2)4-6(3)7(8)9;1-2/h5-6H,3-4H2,1-2H3;5-6H,4H2,1-3H3,(H,8,9);1-2H3. The number of carbonyl (C=O) groups excluding carboxylic acids is 1. The third-order valence-corrected chi connectivity index (χ3v) is 2.97. The lowest BCUT2D eigenvalue weighted by Crippen LogP contribution is -2.27. The van der Waals surface area contributed by atoms with E-state index in [9.17, 15) is 9.59 Å². The number of esters is 1. The topological polar surface area (TPSA) is 63.6 Å². The number of aliphatic carboxylic acids is 1. The van der Waals surface area contributed by atoms with Gasteiger partial charge in [-0.3, -0.25) is 9.59 Å². The van der Waals surface area contributed by atoms with Crippen molar-refractivity contribution in [2.45, 2.75) is 73.8 Å². The fourth-order valence-electron chi connectivity index (χ4n) is 1.78. The highest BCUT2D eigenvalue weighted by molar-refractivity contribution is 5.72. The number of ether oxygens (including phenoxy) is 1. The van der Waals surface area contributed by atoms with Crippen LogP contribution in [0.5, 0.6) is 0 Å². The molecule has 1 heterocycles. The van der Waals surface area contributed by atoms with Crippen LogP contribution in [-0.4, -0.2) is 23.1 Å². The van der Waals surface area contributed by atoms with Crippen LogP contribution in [0.1, 0.15) is 67.7 Å². The van der Waals surface area contributed by atoms with E-state index in [-0.39, 0.29) is 23.9 Å². The molecule has 4 heteroatoms. The summed E-state index contributed by atoms with van der Waals surface area (Å²) in [6.45, 7) is 13.6. The smallest absolute Gasteiger partial charge is 0.308 e. The van der Waals surface area contributed by atoms with E-state index < -0.39 is 5.97 Å². The Morgan fingerprint density at radius 2 is 1.75 bits per heavy atom. The molecule has 0 amide bonds. The first kappa shape index (κ1) is 21.2. The van der Waals surface area contributed by atoms with E-state index in [1.54, 1.807) is 6.92 Å². The largest absolute Gasteiger partial charge is 0.481 e. The fraction of sp³-hybridized carbons (Fsp3) is 0.875. The molecule has 0 aromatic carbocycles. The van der Waals surface area contributed by atoms with Gasteiger partial charge in [-0.2, -0.15) is 0 Å². The number of carbonyl (C=O) groups is 2. The number of carboxylic acids is 1. The third-order valence-electron chi connectivity index (χ3n) is 2.97. The zero-order chi connectivity index (χ0) is 16.3. The second-order valence-electron chi connectivity index (χ2n) is 5.59. The van der Waals surface area contributed by atoms with Crippen LogP contribution in [-0.2, 0) is 14.3 Å². The van der Waals surface area contributed by atoms with Crippen LogP contribution in [0, 0.1) is 17.8 Å². The van der Waals surface area contributed by atoms with E-state index >= 15 is 0 Å². The summed E-state index contributed by atoms with van der Waals surface area (Å²) in [5.74, 6) is -0.306. The third kappa shape index (κ3) is 10.8. The van der Waals surface area contributed by atoms with E-state index in [4.69, 9.17) is 9.84 Å². The first-order valence-corrected chi connectivity index (χ1v) is 7.67. The molecule has 1 aliphatic heterocycles. The van der Waals surface area contributed by atoms with Gasteiger partial charge in [0.05, 0.1) is 17.9 Å². The number of hydrogen-bond donors (Lipinski definition) is 1. The minimum atomic E-state index is -0.691. The Labute approximate surface area is 123 Å². The fourth-order valence-corrected chi connectivity index (χ4v) is 1.78. The molecule has 3 unspecified atom stereocenters. The van der Waals surface area contributed by atoms with Crippen molar-refractivity contribution in [3.8, 4) is 0 Å². The normalized spacial score (nSPS) is 22.7. The van der Waals surface area contributed by atoms with Crippen LogP contribution in [0.25, 0.3) is 0 Å². The predicted molar refractivity (Wildman–Crippen MR) is 81.6 cm³/mol. The molecule has 1 aliphatic rings. The van der Waals surface area contributed by atoms with E-state index in [1.165, 1.54) is 0 Å². The Balaban J connectivity index is 0. The van der Waals surface area contributed by atoms with Crippen LogP contribution in [0.2, 0.25) is 0 Å². The van der Waals surface area contributed by atoms with Crippen molar-refractivity contribution in [1.29, 1.82) is 0 Å². The van der Waals surface area contributed by atoms with Crippen molar-refractivity contribution in [1.82, 2.24) is 0 Å². The van der Waals surface area contributed by atoms with E-state index in [1.807, 2.05) is 41.5 Å². The minimum Gasteiger partial charge on any atom is -0.481 e. The molecule has 0 saturated carbocycles. The summed E-state index contributed by atoms with van der Waals surface area (Å²) in [5, 5.41) is 8.43. The maximum atomic E-state index is 10.8. The SMILES string of the molecule is CC.CC(C)CC(C)C(=O)O.CC1CCC(C)C(=O)O1. The van der Waals surface area contributed by atoms with Gasteiger partial charge in [-0.05, 0) is 32.1 Å². The van der Waals surface area contributed by atoms with Crippen molar-refractivity contribution in [3.63, 3.8) is 0 Å². The summed E-state index contributed by atoms with van der Waals surface area (Å²) in [5.41, 5.74) is 0. The van der Waals surface area contributed by atoms with E-state index in [0.29, 0.717) is 5.92 Å². The number of hydrogen-bond acceptors (Lipinski definition) is 3. The lowest BCUT2D eigenvalue weighted by molar-refractivity contribution is -0.158. The highest BCUT2D eigenvalue weighted by atomic mass is 16.5. The van der Waals surface area contributed by atoms with Gasteiger partial charge in [-0.15, -0.1) is 0 Å². The van der Waals surface area contributed by atoms with Gasteiger partial charge in [-0.25, -0.2) is 0 Å². The van der Waals surface area contributed by atoms with Gasteiger partial charge in [0.2, 0.25) is 0 Å². The quantitative estimate of drug-likeness (QED) is 0.793. The van der Waals surface area contributed by atoms with E-state index in [0.717, 1.165) is 19.3 Å². The molecule has 0 aliphatic carbocycles. The molecule has 120 valence electrons. The Hall–Kier alpha value is -1.06.